The molecular formula is C52H83N5O11. The molecule has 8 aliphatic rings. The van der Waals surface area contributed by atoms with Crippen LogP contribution >= 0.6 is 0 Å². The highest BCUT2D eigenvalue weighted by molar-refractivity contribution is 5.79. The number of imidazole rings is 1. The smallest absolute Gasteiger partial charge is 0.310 e. The SMILES string of the molecule is CNCC(CN)CC(c1cnc[nH]1)C1NC(=O)CC1CC1C(O)C(OC2OCC(O)C(O)C2O)C(C)(CO)C2CCC3(C)C(CC=C4C5CC(C)(CO)CC6CCCC(CC65C(=O)O)C43C)C12C. The van der Waals surface area contributed by atoms with Gasteiger partial charge in [0.05, 0.1) is 37.2 Å². The summed E-state index contributed by atoms with van der Waals surface area (Å²) in [6.45, 7) is 11.8. The van der Waals surface area contributed by atoms with Crippen molar-refractivity contribution in [1.82, 2.24) is 20.6 Å². The summed E-state index contributed by atoms with van der Waals surface area (Å²) in [4.78, 5) is 35.5. The molecular weight excluding hydrogens is 871 g/mol. The van der Waals surface area contributed by atoms with E-state index in [4.69, 9.17) is 15.2 Å². The lowest BCUT2D eigenvalue weighted by Gasteiger charge is -2.75. The molecule has 2 bridgehead atoms. The second-order valence-corrected chi connectivity index (χ2v) is 24.7. The number of carbonyl (C=O) groups is 2. The van der Waals surface area contributed by atoms with Crippen molar-refractivity contribution < 1.29 is 54.8 Å². The number of aromatic nitrogens is 2. The van der Waals surface area contributed by atoms with E-state index in [-0.39, 0.29) is 90.9 Å². The number of H-pyrrole nitrogens is 1. The average molecular weight is 954 g/mol. The van der Waals surface area contributed by atoms with E-state index < -0.39 is 75.8 Å². The van der Waals surface area contributed by atoms with Crippen LogP contribution in [-0.2, 0) is 19.1 Å². The molecule has 16 nitrogen and oxygen atoms in total. The van der Waals surface area contributed by atoms with Crippen LogP contribution in [0.4, 0.5) is 0 Å². The summed E-state index contributed by atoms with van der Waals surface area (Å²) < 4.78 is 12.6. The molecule has 382 valence electrons. The molecule has 12 N–H and O–H groups in total. The molecule has 22 atom stereocenters. The number of aromatic amines is 1. The molecule has 6 aliphatic carbocycles. The Bertz CT molecular complexity index is 2040. The van der Waals surface area contributed by atoms with Gasteiger partial charge in [0, 0.05) is 42.3 Å². The number of nitrogens with two attached hydrogens (primary N) is 1. The molecule has 3 heterocycles. The number of hydrogen-bond donors (Lipinski definition) is 11. The number of ether oxygens (including phenoxy) is 2. The lowest BCUT2D eigenvalue weighted by molar-refractivity contribution is -0.341. The first kappa shape index (κ1) is 50.4. The van der Waals surface area contributed by atoms with Crippen molar-refractivity contribution in [2.45, 2.75) is 160 Å². The zero-order valence-electron chi connectivity index (χ0n) is 41.3. The number of amides is 1. The minimum atomic E-state index is -1.61. The lowest BCUT2D eigenvalue weighted by atomic mass is 9.30. The lowest BCUT2D eigenvalue weighted by Crippen LogP contribution is -2.73. The van der Waals surface area contributed by atoms with E-state index in [0.29, 0.717) is 58.0 Å². The fourth-order valence-electron chi connectivity index (χ4n) is 18.2. The van der Waals surface area contributed by atoms with E-state index in [0.717, 1.165) is 31.4 Å². The summed E-state index contributed by atoms with van der Waals surface area (Å²) in [6, 6.07) is -0.326. The first-order valence-corrected chi connectivity index (χ1v) is 26.0. The topological polar surface area (TPSA) is 273 Å². The minimum absolute atomic E-state index is 0.0108. The van der Waals surface area contributed by atoms with Gasteiger partial charge in [0.1, 0.15) is 18.3 Å². The Labute approximate surface area is 402 Å². The number of allylic oxidation sites excluding steroid dienone is 2. The summed E-state index contributed by atoms with van der Waals surface area (Å²) in [7, 11) is 1.90. The number of rotatable bonds is 14. The van der Waals surface area contributed by atoms with Gasteiger partial charge >= 0.3 is 5.97 Å². The van der Waals surface area contributed by atoms with Crippen molar-refractivity contribution in [1.29, 1.82) is 0 Å². The number of nitrogens with one attached hydrogen (secondary N) is 3. The quantitative estimate of drug-likeness (QED) is 0.0946. The number of aliphatic hydroxyl groups excluding tert-OH is 6. The van der Waals surface area contributed by atoms with Crippen LogP contribution in [0.5, 0.6) is 0 Å². The Morgan fingerprint density at radius 2 is 1.75 bits per heavy atom. The number of fused-ring (bicyclic) bond motifs is 8. The molecule has 2 saturated heterocycles. The van der Waals surface area contributed by atoms with E-state index in [1.54, 1.807) is 6.33 Å². The van der Waals surface area contributed by atoms with E-state index >= 15 is 0 Å². The third kappa shape index (κ3) is 7.36. The molecule has 1 amide bonds. The maximum absolute atomic E-state index is 13.9. The molecule has 0 radical (unpaired) electrons. The van der Waals surface area contributed by atoms with Crippen molar-refractivity contribution in [3.63, 3.8) is 0 Å². The predicted molar refractivity (Wildman–Crippen MR) is 251 cm³/mol. The highest BCUT2D eigenvalue weighted by atomic mass is 16.7. The molecule has 22 unspecified atom stereocenters. The Kier molecular flexibility index (Phi) is 13.5. The third-order valence-corrected chi connectivity index (χ3v) is 21.7. The molecule has 7 fully saturated rings. The first-order chi connectivity index (χ1) is 32.2. The first-order valence-electron chi connectivity index (χ1n) is 26.0. The van der Waals surface area contributed by atoms with Crippen LogP contribution in [0.15, 0.2) is 24.2 Å². The predicted octanol–water partition coefficient (Wildman–Crippen LogP) is 3.06. The van der Waals surface area contributed by atoms with Gasteiger partial charge in [0.15, 0.2) is 6.29 Å². The standard InChI is InChI=1S/C52H83N5O11/c1-47(24-58)17-30-9-7-8-29-18-52(30,46(65)66)34(19-47)32-10-11-38-49(3,51(29,32)5)13-12-37-48(2,25-59)44(68-45-43(64)42(63)36(60)23-67-45)41(62)33(50(37,38)4)15-28-16-39(61)57-40(28)31(35-22-55-26-56-35)14-27(20-53)21-54-6/h10,22,26-31,33-34,36-38,40-45,54,58-60,62-64H,7-9,11-21,23-25,53H2,1-6H3,(H,55,56)(H,57,61)(H,65,66). The maximum atomic E-state index is 13.9. The number of aliphatic hydroxyl groups is 6. The molecule has 9 rings (SSSR count). The second-order valence-electron chi connectivity index (χ2n) is 24.7. The number of carboxylic acid groups (broad SMARTS) is 1. The van der Waals surface area contributed by atoms with E-state index in [1.165, 1.54) is 5.57 Å². The maximum Gasteiger partial charge on any atom is 0.310 e. The van der Waals surface area contributed by atoms with Crippen LogP contribution < -0.4 is 16.4 Å². The molecule has 0 spiro atoms. The van der Waals surface area contributed by atoms with Gasteiger partial charge < -0.3 is 66.6 Å². The van der Waals surface area contributed by atoms with Crippen molar-refractivity contribution in [2.75, 3.05) is 40.0 Å². The van der Waals surface area contributed by atoms with Gasteiger partial charge in [0.2, 0.25) is 5.91 Å². The zero-order chi connectivity index (χ0) is 48.9. The van der Waals surface area contributed by atoms with Gasteiger partial charge in [-0.2, -0.15) is 0 Å². The Balaban J connectivity index is 1.17. The van der Waals surface area contributed by atoms with E-state index in [1.807, 2.05) is 20.2 Å². The largest absolute Gasteiger partial charge is 0.481 e. The fourth-order valence-corrected chi connectivity index (χ4v) is 18.2. The summed E-state index contributed by atoms with van der Waals surface area (Å²) in [5.74, 6) is -2.02. The van der Waals surface area contributed by atoms with Gasteiger partial charge in [-0.15, -0.1) is 0 Å². The highest BCUT2D eigenvalue weighted by Gasteiger charge is 2.76. The molecule has 1 aromatic heterocycles. The fraction of sp³-hybridized carbons (Fsp3) is 0.865. The summed E-state index contributed by atoms with van der Waals surface area (Å²) in [6.07, 6.45) is 5.73. The van der Waals surface area contributed by atoms with Crippen molar-refractivity contribution >= 4 is 11.9 Å². The Hall–Kier alpha value is -2.51. The van der Waals surface area contributed by atoms with Gasteiger partial charge in [-0.05, 0) is 153 Å². The van der Waals surface area contributed by atoms with E-state index in [9.17, 15) is 45.3 Å². The summed E-state index contributed by atoms with van der Waals surface area (Å²) >= 11 is 0. The number of carbonyl (C=O) groups excluding carboxylic acids is 1. The van der Waals surface area contributed by atoms with Crippen molar-refractivity contribution in [3.05, 3.63) is 29.9 Å². The van der Waals surface area contributed by atoms with Crippen LogP contribution in [0.2, 0.25) is 0 Å². The average Bonchev–Trinajstić information content (AvgIpc) is 3.93. The van der Waals surface area contributed by atoms with Crippen LogP contribution in [0.3, 0.4) is 0 Å². The third-order valence-electron chi connectivity index (χ3n) is 21.7. The normalized spacial score (nSPS) is 49.6. The van der Waals surface area contributed by atoms with Gasteiger partial charge in [-0.25, -0.2) is 4.98 Å². The van der Waals surface area contributed by atoms with Crippen LogP contribution in [-0.4, -0.2) is 140 Å². The Morgan fingerprint density at radius 1 is 1.00 bits per heavy atom. The van der Waals surface area contributed by atoms with Crippen molar-refractivity contribution in [3.8, 4) is 0 Å². The molecule has 0 aromatic carbocycles. The van der Waals surface area contributed by atoms with Crippen LogP contribution in [0.1, 0.15) is 123 Å². The molecule has 16 heteroatoms. The van der Waals surface area contributed by atoms with Crippen molar-refractivity contribution in [2.24, 2.45) is 85.6 Å². The van der Waals surface area contributed by atoms with Gasteiger partial charge in [0.25, 0.3) is 0 Å². The minimum Gasteiger partial charge on any atom is -0.481 e. The summed E-state index contributed by atoms with van der Waals surface area (Å²) in [5, 5.41) is 86.7. The zero-order valence-corrected chi connectivity index (χ0v) is 41.3. The number of aliphatic carboxylic acids is 1. The van der Waals surface area contributed by atoms with Gasteiger partial charge in [-0.3, -0.25) is 9.59 Å². The van der Waals surface area contributed by atoms with Crippen LogP contribution in [0.25, 0.3) is 0 Å². The number of carboxylic acids is 1. The van der Waals surface area contributed by atoms with Gasteiger partial charge in [-0.1, -0.05) is 52.7 Å². The monoisotopic (exact) mass is 954 g/mol. The highest BCUT2D eigenvalue weighted by Crippen LogP contribution is 2.79. The Morgan fingerprint density at radius 3 is 2.41 bits per heavy atom. The molecule has 2 aliphatic heterocycles. The van der Waals surface area contributed by atoms with E-state index in [2.05, 4.69) is 54.4 Å². The molecule has 68 heavy (non-hydrogen) atoms. The second kappa shape index (κ2) is 18.2. The number of nitrogens with zero attached hydrogens (tertiary/aromatic N) is 1. The molecule has 5 saturated carbocycles. The number of hydrogen-bond acceptors (Lipinski definition) is 13. The summed E-state index contributed by atoms with van der Waals surface area (Å²) in [5.41, 5.74) is 4.66. The van der Waals surface area contributed by atoms with Crippen LogP contribution in [0, 0.1) is 79.8 Å². The molecule has 1 aromatic rings.